The number of nitrogens with one attached hydrogen (secondary N) is 1. The quantitative estimate of drug-likeness (QED) is 0.381. The van der Waals surface area contributed by atoms with Gasteiger partial charge < -0.3 is 24.3 Å². The molecule has 0 radical (unpaired) electrons. The molecule has 1 fully saturated rings. The Labute approximate surface area is 203 Å². The van der Waals surface area contributed by atoms with Crippen LogP contribution in [-0.4, -0.2) is 41.6 Å². The van der Waals surface area contributed by atoms with Crippen molar-refractivity contribution >= 4 is 33.1 Å². The molecule has 176 valence electrons. The highest BCUT2D eigenvalue weighted by molar-refractivity contribution is 7.17. The van der Waals surface area contributed by atoms with Crippen LogP contribution in [0.1, 0.15) is 28.9 Å². The molecule has 0 atom stereocenters. The van der Waals surface area contributed by atoms with Gasteiger partial charge in [0.05, 0.1) is 10.2 Å². The Morgan fingerprint density at radius 1 is 1.03 bits per heavy atom. The molecule has 34 heavy (non-hydrogen) atoms. The van der Waals surface area contributed by atoms with Crippen molar-refractivity contribution in [1.29, 1.82) is 0 Å². The second-order valence-corrected chi connectivity index (χ2v) is 9.70. The lowest BCUT2D eigenvalue weighted by molar-refractivity contribution is 0.101. The molecule has 1 saturated heterocycles. The Morgan fingerprint density at radius 2 is 1.82 bits per heavy atom. The Hall–Kier alpha value is -3.29. The van der Waals surface area contributed by atoms with Gasteiger partial charge in [0.25, 0.3) is 5.91 Å². The zero-order chi connectivity index (χ0) is 23.5. The highest BCUT2D eigenvalue weighted by atomic mass is 32.1. The maximum atomic E-state index is 13.0. The molecule has 6 nitrogen and oxygen atoms in total. The van der Waals surface area contributed by atoms with Gasteiger partial charge in [0, 0.05) is 37.5 Å². The van der Waals surface area contributed by atoms with Crippen LogP contribution >= 0.6 is 11.3 Å². The minimum absolute atomic E-state index is 0.133. The number of anilines is 1. The van der Waals surface area contributed by atoms with E-state index in [1.54, 1.807) is 11.3 Å². The monoisotopic (exact) mass is 475 g/mol. The van der Waals surface area contributed by atoms with E-state index < -0.39 is 0 Å². The van der Waals surface area contributed by atoms with Crippen molar-refractivity contribution in [2.75, 3.05) is 25.5 Å². The zero-order valence-electron chi connectivity index (χ0n) is 19.5. The predicted octanol–water partition coefficient (Wildman–Crippen LogP) is 5.54. The second-order valence-electron chi connectivity index (χ2n) is 8.75. The first-order valence-corrected chi connectivity index (χ1v) is 12.4. The molecule has 2 aromatic carbocycles. The number of likely N-dealkylation sites (tertiary alicyclic amines) is 1. The molecule has 0 bridgehead atoms. The maximum absolute atomic E-state index is 13.0. The SMILES string of the molecule is CN1CCC(Oc2cccc(OCc3ccccc3NC(=O)c3cc4sccc4n3C)c2)CC1. The number of rotatable bonds is 7. The molecule has 1 amide bonds. The molecular formula is C27H29N3O3S. The summed E-state index contributed by atoms with van der Waals surface area (Å²) < 4.78 is 15.3. The van der Waals surface area contributed by atoms with Crippen molar-refractivity contribution in [2.24, 2.45) is 7.05 Å². The lowest BCUT2D eigenvalue weighted by Crippen LogP contribution is -2.35. The van der Waals surface area contributed by atoms with Crippen molar-refractivity contribution < 1.29 is 14.3 Å². The Morgan fingerprint density at radius 3 is 2.65 bits per heavy atom. The summed E-state index contributed by atoms with van der Waals surface area (Å²) >= 11 is 1.63. The van der Waals surface area contributed by atoms with Crippen LogP contribution in [0.2, 0.25) is 0 Å². The van der Waals surface area contributed by atoms with Crippen molar-refractivity contribution in [3.8, 4) is 11.5 Å². The number of fused-ring (bicyclic) bond motifs is 1. The molecule has 1 aliphatic heterocycles. The van der Waals surface area contributed by atoms with E-state index in [4.69, 9.17) is 9.47 Å². The summed E-state index contributed by atoms with van der Waals surface area (Å²) in [6, 6.07) is 19.5. The van der Waals surface area contributed by atoms with E-state index in [2.05, 4.69) is 17.3 Å². The fraction of sp³-hybridized carbons (Fsp3) is 0.296. The normalized spacial score (nSPS) is 14.9. The summed E-state index contributed by atoms with van der Waals surface area (Å²) in [6.07, 6.45) is 2.32. The van der Waals surface area contributed by atoms with Crippen molar-refractivity contribution in [2.45, 2.75) is 25.6 Å². The van der Waals surface area contributed by atoms with E-state index in [9.17, 15) is 4.79 Å². The number of amides is 1. The highest BCUT2D eigenvalue weighted by Crippen LogP contribution is 2.27. The van der Waals surface area contributed by atoms with Crippen LogP contribution in [0.25, 0.3) is 10.2 Å². The Kier molecular flexibility index (Phi) is 6.56. The summed E-state index contributed by atoms with van der Waals surface area (Å²) in [4.78, 5) is 15.3. The van der Waals surface area contributed by atoms with E-state index in [1.807, 2.05) is 77.7 Å². The lowest BCUT2D eigenvalue weighted by atomic mass is 10.1. The third-order valence-electron chi connectivity index (χ3n) is 6.33. The van der Waals surface area contributed by atoms with Crippen LogP contribution in [0.5, 0.6) is 11.5 Å². The summed E-state index contributed by atoms with van der Waals surface area (Å²) in [5.41, 5.74) is 3.36. The summed E-state index contributed by atoms with van der Waals surface area (Å²) in [5.74, 6) is 1.44. The maximum Gasteiger partial charge on any atom is 0.272 e. The van der Waals surface area contributed by atoms with Crippen LogP contribution in [0.4, 0.5) is 5.69 Å². The molecule has 0 saturated carbocycles. The smallest absolute Gasteiger partial charge is 0.272 e. The highest BCUT2D eigenvalue weighted by Gasteiger charge is 2.18. The number of aryl methyl sites for hydroxylation is 1. The molecule has 0 unspecified atom stereocenters. The molecule has 1 N–H and O–H groups in total. The van der Waals surface area contributed by atoms with Gasteiger partial charge in [-0.25, -0.2) is 0 Å². The first-order valence-electron chi connectivity index (χ1n) is 11.6. The van der Waals surface area contributed by atoms with Crippen LogP contribution in [0.15, 0.2) is 66.0 Å². The summed E-state index contributed by atoms with van der Waals surface area (Å²) in [6.45, 7) is 2.46. The third-order valence-corrected chi connectivity index (χ3v) is 7.18. The molecule has 2 aromatic heterocycles. The molecule has 5 rings (SSSR count). The number of hydrogen-bond donors (Lipinski definition) is 1. The minimum Gasteiger partial charge on any atom is -0.490 e. The van der Waals surface area contributed by atoms with Crippen molar-refractivity contribution in [3.63, 3.8) is 0 Å². The minimum atomic E-state index is -0.133. The number of thiophene rings is 1. The first-order chi connectivity index (χ1) is 16.6. The number of aromatic nitrogens is 1. The van der Waals surface area contributed by atoms with Gasteiger partial charge in [-0.3, -0.25) is 4.79 Å². The number of carbonyl (C=O) groups excluding carboxylic acids is 1. The van der Waals surface area contributed by atoms with Gasteiger partial charge >= 0.3 is 0 Å². The fourth-order valence-electron chi connectivity index (χ4n) is 4.32. The van der Waals surface area contributed by atoms with Crippen molar-refractivity contribution in [1.82, 2.24) is 9.47 Å². The molecule has 7 heteroatoms. The Balaban J connectivity index is 1.24. The lowest BCUT2D eigenvalue weighted by Gasteiger charge is -2.29. The summed E-state index contributed by atoms with van der Waals surface area (Å²) in [7, 11) is 4.06. The first kappa shape index (κ1) is 22.5. The van der Waals surface area contributed by atoms with Gasteiger partial charge in [-0.15, -0.1) is 11.3 Å². The molecule has 1 aliphatic rings. The molecule has 3 heterocycles. The zero-order valence-corrected chi connectivity index (χ0v) is 20.3. The van der Waals surface area contributed by atoms with Gasteiger partial charge in [0.2, 0.25) is 0 Å². The Bertz CT molecular complexity index is 1290. The van der Waals surface area contributed by atoms with Gasteiger partial charge in [-0.1, -0.05) is 24.3 Å². The summed E-state index contributed by atoms with van der Waals surface area (Å²) in [5, 5.41) is 5.09. The molecule has 4 aromatic rings. The number of ether oxygens (including phenoxy) is 2. The topological polar surface area (TPSA) is 55.7 Å². The number of carbonyl (C=O) groups is 1. The van der Waals surface area contributed by atoms with E-state index in [-0.39, 0.29) is 12.0 Å². The number of para-hydroxylation sites is 1. The number of piperidine rings is 1. The van der Waals surface area contributed by atoms with E-state index >= 15 is 0 Å². The van der Waals surface area contributed by atoms with E-state index in [1.165, 1.54) is 0 Å². The molecular weight excluding hydrogens is 446 g/mol. The molecule has 0 aliphatic carbocycles. The van der Waals surface area contributed by atoms with E-state index in [0.29, 0.717) is 12.3 Å². The van der Waals surface area contributed by atoms with Gasteiger partial charge in [0.1, 0.15) is 29.9 Å². The number of hydrogen-bond acceptors (Lipinski definition) is 5. The molecule has 0 spiro atoms. The van der Waals surface area contributed by atoms with Crippen LogP contribution in [0.3, 0.4) is 0 Å². The van der Waals surface area contributed by atoms with Crippen LogP contribution in [-0.2, 0) is 13.7 Å². The standard InChI is InChI=1S/C27H29N3O3S/c1-29-13-10-20(11-14-29)33-22-8-5-7-21(16-22)32-18-19-6-3-4-9-23(19)28-27(31)25-17-26-24(30(25)2)12-15-34-26/h3-9,12,15-17,20H,10-11,13-14,18H2,1-2H3,(H,28,31). The van der Waals surface area contributed by atoms with E-state index in [0.717, 1.165) is 58.9 Å². The second kappa shape index (κ2) is 9.91. The number of benzene rings is 2. The van der Waals surface area contributed by atoms with Crippen LogP contribution < -0.4 is 14.8 Å². The van der Waals surface area contributed by atoms with Crippen LogP contribution in [0, 0.1) is 0 Å². The average molecular weight is 476 g/mol. The largest absolute Gasteiger partial charge is 0.490 e. The van der Waals surface area contributed by atoms with Gasteiger partial charge in [-0.05, 0) is 55.6 Å². The predicted molar refractivity (Wildman–Crippen MR) is 137 cm³/mol. The fourth-order valence-corrected chi connectivity index (χ4v) is 5.16. The number of nitrogens with zero attached hydrogens (tertiary/aromatic N) is 2. The van der Waals surface area contributed by atoms with Gasteiger partial charge in [-0.2, -0.15) is 0 Å². The average Bonchev–Trinajstić information content (AvgIpc) is 3.43. The van der Waals surface area contributed by atoms with Gasteiger partial charge in [0.15, 0.2) is 0 Å². The third kappa shape index (κ3) is 4.95. The van der Waals surface area contributed by atoms with Crippen molar-refractivity contribution in [3.05, 3.63) is 77.3 Å².